The van der Waals surface area contributed by atoms with E-state index in [2.05, 4.69) is 18.2 Å². The van der Waals surface area contributed by atoms with Crippen LogP contribution in [-0.2, 0) is 0 Å². The second-order valence-corrected chi connectivity index (χ2v) is 4.92. The van der Waals surface area contributed by atoms with Gasteiger partial charge in [-0.3, -0.25) is 4.79 Å². The Kier molecular flexibility index (Phi) is 2.04. The Labute approximate surface area is 97.3 Å². The van der Waals surface area contributed by atoms with Gasteiger partial charge in [-0.15, -0.1) is 11.3 Å². The minimum Gasteiger partial charge on any atom is -0.298 e. The average molecular weight is 226 g/mol. The molecule has 3 rings (SSSR count). The summed E-state index contributed by atoms with van der Waals surface area (Å²) in [6, 6.07) is 12.3. The summed E-state index contributed by atoms with van der Waals surface area (Å²) >= 11 is 1.76. The van der Waals surface area contributed by atoms with Crippen LogP contribution in [0.4, 0.5) is 0 Å². The molecule has 3 aromatic rings. The molecular formula is C14H10OS. The highest BCUT2D eigenvalue weighted by Crippen LogP contribution is 2.36. The lowest BCUT2D eigenvalue weighted by molar-refractivity contribution is 0.112. The summed E-state index contributed by atoms with van der Waals surface area (Å²) in [5, 5.41) is 2.53. The van der Waals surface area contributed by atoms with Crippen molar-refractivity contribution in [2.45, 2.75) is 6.92 Å². The third-order valence-electron chi connectivity index (χ3n) is 2.96. The summed E-state index contributed by atoms with van der Waals surface area (Å²) in [5.74, 6) is 0. The van der Waals surface area contributed by atoms with Gasteiger partial charge in [-0.25, -0.2) is 0 Å². The second-order valence-electron chi connectivity index (χ2n) is 3.87. The largest absolute Gasteiger partial charge is 0.298 e. The zero-order chi connectivity index (χ0) is 11.1. The van der Waals surface area contributed by atoms with Crippen LogP contribution in [0.3, 0.4) is 0 Å². The number of thiophene rings is 1. The molecule has 0 bridgehead atoms. The molecule has 1 nitrogen and oxygen atoms in total. The lowest BCUT2D eigenvalue weighted by atomic mass is 10.1. The van der Waals surface area contributed by atoms with Crippen molar-refractivity contribution in [3.63, 3.8) is 0 Å². The summed E-state index contributed by atoms with van der Waals surface area (Å²) in [6.45, 7) is 2.02. The van der Waals surface area contributed by atoms with E-state index in [0.29, 0.717) is 0 Å². The molecule has 1 heterocycles. The lowest BCUT2D eigenvalue weighted by Gasteiger charge is -1.99. The van der Waals surface area contributed by atoms with E-state index >= 15 is 0 Å². The zero-order valence-electron chi connectivity index (χ0n) is 8.86. The minimum atomic E-state index is 0.791. The smallest absolute Gasteiger partial charge is 0.150 e. The van der Waals surface area contributed by atoms with Crippen LogP contribution < -0.4 is 0 Å². The van der Waals surface area contributed by atoms with E-state index in [4.69, 9.17) is 0 Å². The van der Waals surface area contributed by atoms with Crippen molar-refractivity contribution in [1.82, 2.24) is 0 Å². The van der Waals surface area contributed by atoms with Crippen LogP contribution in [0, 0.1) is 6.92 Å². The van der Waals surface area contributed by atoms with E-state index in [-0.39, 0.29) is 0 Å². The molecule has 0 atom stereocenters. The van der Waals surface area contributed by atoms with Crippen LogP contribution in [0.5, 0.6) is 0 Å². The van der Waals surface area contributed by atoms with Gasteiger partial charge in [0.05, 0.1) is 0 Å². The number of aldehydes is 1. The molecule has 0 aliphatic rings. The molecule has 78 valence electrons. The van der Waals surface area contributed by atoms with Gasteiger partial charge in [0.15, 0.2) is 0 Å². The highest BCUT2D eigenvalue weighted by Gasteiger charge is 2.08. The summed E-state index contributed by atoms with van der Waals surface area (Å²) in [5.41, 5.74) is 1.88. The monoisotopic (exact) mass is 226 g/mol. The summed E-state index contributed by atoms with van der Waals surface area (Å²) in [7, 11) is 0. The van der Waals surface area contributed by atoms with Crippen molar-refractivity contribution in [2.75, 3.05) is 0 Å². The fourth-order valence-electron chi connectivity index (χ4n) is 2.07. The van der Waals surface area contributed by atoms with Gasteiger partial charge >= 0.3 is 0 Å². The predicted octanol–water partition coefficient (Wildman–Crippen LogP) is 4.18. The maximum absolute atomic E-state index is 10.9. The number of rotatable bonds is 1. The van der Waals surface area contributed by atoms with Gasteiger partial charge < -0.3 is 0 Å². The highest BCUT2D eigenvalue weighted by molar-refractivity contribution is 7.26. The van der Waals surface area contributed by atoms with E-state index in [9.17, 15) is 4.79 Å². The number of aryl methyl sites for hydroxylation is 1. The molecule has 0 aliphatic carbocycles. The van der Waals surface area contributed by atoms with Crippen molar-refractivity contribution < 1.29 is 4.79 Å². The quantitative estimate of drug-likeness (QED) is 0.569. The number of hydrogen-bond acceptors (Lipinski definition) is 2. The Morgan fingerprint density at radius 2 is 1.88 bits per heavy atom. The van der Waals surface area contributed by atoms with Crippen LogP contribution in [0.15, 0.2) is 36.4 Å². The van der Waals surface area contributed by atoms with Gasteiger partial charge in [-0.1, -0.05) is 30.3 Å². The molecule has 0 saturated carbocycles. The molecule has 2 aromatic carbocycles. The molecule has 0 spiro atoms. The number of carbonyl (C=O) groups excluding carboxylic acids is 1. The maximum atomic E-state index is 10.9. The van der Waals surface area contributed by atoms with Gasteiger partial charge in [-0.2, -0.15) is 0 Å². The first kappa shape index (κ1) is 9.55. The van der Waals surface area contributed by atoms with Crippen molar-refractivity contribution in [1.29, 1.82) is 0 Å². The fourth-order valence-corrected chi connectivity index (χ4v) is 3.28. The average Bonchev–Trinajstić information content (AvgIpc) is 2.69. The number of fused-ring (bicyclic) bond motifs is 3. The maximum Gasteiger partial charge on any atom is 0.150 e. The van der Waals surface area contributed by atoms with Gasteiger partial charge in [0.2, 0.25) is 0 Å². The van der Waals surface area contributed by atoms with Gasteiger partial charge in [0.1, 0.15) is 6.29 Å². The Balaban J connectivity index is 2.54. The van der Waals surface area contributed by atoms with E-state index in [1.54, 1.807) is 11.3 Å². The molecule has 1 aromatic heterocycles. The number of carbonyl (C=O) groups is 1. The van der Waals surface area contributed by atoms with Crippen molar-refractivity contribution in [3.05, 3.63) is 47.5 Å². The molecule has 0 saturated heterocycles. The molecule has 16 heavy (non-hydrogen) atoms. The first-order valence-corrected chi connectivity index (χ1v) is 5.99. The van der Waals surface area contributed by atoms with Crippen molar-refractivity contribution in [2.24, 2.45) is 0 Å². The Hall–Kier alpha value is -1.67. The topological polar surface area (TPSA) is 17.1 Å². The Morgan fingerprint density at radius 3 is 2.69 bits per heavy atom. The SMILES string of the molecule is Cc1c(C=O)ccc2c1sc1ccccc12. The van der Waals surface area contributed by atoms with Crippen LogP contribution in [-0.4, -0.2) is 6.29 Å². The van der Waals surface area contributed by atoms with Gasteiger partial charge in [-0.05, 0) is 18.6 Å². The molecule has 0 aliphatic heterocycles. The lowest BCUT2D eigenvalue weighted by Crippen LogP contribution is -1.84. The van der Waals surface area contributed by atoms with E-state index in [1.165, 1.54) is 20.2 Å². The summed E-state index contributed by atoms with van der Waals surface area (Å²) in [4.78, 5) is 10.9. The predicted molar refractivity (Wildman–Crippen MR) is 69.5 cm³/mol. The molecule has 0 fully saturated rings. The summed E-state index contributed by atoms with van der Waals surface area (Å²) < 4.78 is 2.51. The second kappa shape index (κ2) is 3.42. The number of benzene rings is 2. The molecule has 0 unspecified atom stereocenters. The van der Waals surface area contributed by atoms with E-state index in [1.807, 2.05) is 25.1 Å². The molecule has 0 N–H and O–H groups in total. The van der Waals surface area contributed by atoms with Gasteiger partial charge in [0, 0.05) is 25.7 Å². The first-order valence-electron chi connectivity index (χ1n) is 5.17. The van der Waals surface area contributed by atoms with Crippen molar-refractivity contribution >= 4 is 37.8 Å². The third-order valence-corrected chi connectivity index (χ3v) is 4.27. The standard InChI is InChI=1S/C14H10OS/c1-9-10(8-15)6-7-12-11-4-2-3-5-13(11)16-14(9)12/h2-8H,1H3. The molecule has 0 amide bonds. The summed E-state index contributed by atoms with van der Waals surface area (Å²) in [6.07, 6.45) is 0.930. The van der Waals surface area contributed by atoms with E-state index < -0.39 is 0 Å². The Morgan fingerprint density at radius 1 is 1.06 bits per heavy atom. The van der Waals surface area contributed by atoms with E-state index in [0.717, 1.165) is 17.4 Å². The highest BCUT2D eigenvalue weighted by atomic mass is 32.1. The fraction of sp³-hybridized carbons (Fsp3) is 0.0714. The van der Waals surface area contributed by atoms with Crippen LogP contribution in [0.25, 0.3) is 20.2 Å². The normalized spacial score (nSPS) is 11.1. The first-order chi connectivity index (χ1) is 7.81. The minimum absolute atomic E-state index is 0.791. The number of hydrogen-bond donors (Lipinski definition) is 0. The van der Waals surface area contributed by atoms with Crippen LogP contribution in [0.1, 0.15) is 15.9 Å². The zero-order valence-corrected chi connectivity index (χ0v) is 9.67. The Bertz CT molecular complexity index is 694. The van der Waals surface area contributed by atoms with Gasteiger partial charge in [0.25, 0.3) is 0 Å². The van der Waals surface area contributed by atoms with Crippen LogP contribution >= 0.6 is 11.3 Å². The van der Waals surface area contributed by atoms with Crippen molar-refractivity contribution in [3.8, 4) is 0 Å². The third kappa shape index (κ3) is 1.20. The molecular weight excluding hydrogens is 216 g/mol. The molecule has 2 heteroatoms. The molecule has 0 radical (unpaired) electrons. The van der Waals surface area contributed by atoms with Crippen LogP contribution in [0.2, 0.25) is 0 Å².